The number of nitrogens with zero attached hydrogens (tertiary/aromatic N) is 2. The normalized spacial score (nSPS) is 17.5. The highest BCUT2D eigenvalue weighted by Gasteiger charge is 2.42. The first-order chi connectivity index (χ1) is 14.9. The quantitative estimate of drug-likeness (QED) is 0.473. The Balaban J connectivity index is 1.69. The summed E-state index contributed by atoms with van der Waals surface area (Å²) >= 11 is 0. The second kappa shape index (κ2) is 8.26. The number of likely N-dealkylation sites (N-methyl/N-ethyl adjacent to an activating group) is 1. The third-order valence-corrected chi connectivity index (χ3v) is 6.66. The van der Waals surface area contributed by atoms with Crippen LogP contribution in [0.2, 0.25) is 0 Å². The first-order valence-electron chi connectivity index (χ1n) is 11.3. The Hall–Kier alpha value is -3.01. The number of fused-ring (bicyclic) bond motifs is 2. The maximum atomic E-state index is 12.7. The number of hydrogen-bond acceptors (Lipinski definition) is 4. The smallest absolute Gasteiger partial charge is 0.343 e. The van der Waals surface area contributed by atoms with Gasteiger partial charge in [-0.25, -0.2) is 4.79 Å². The van der Waals surface area contributed by atoms with Crippen LogP contribution in [-0.2, 0) is 5.41 Å². The third kappa shape index (κ3) is 3.65. The third-order valence-electron chi connectivity index (χ3n) is 6.66. The van der Waals surface area contributed by atoms with Crippen molar-refractivity contribution in [1.82, 2.24) is 0 Å². The van der Waals surface area contributed by atoms with Gasteiger partial charge in [0.25, 0.3) is 0 Å². The van der Waals surface area contributed by atoms with Crippen molar-refractivity contribution < 1.29 is 4.42 Å². The van der Waals surface area contributed by atoms with Gasteiger partial charge in [0.1, 0.15) is 5.58 Å². The largest absolute Gasteiger partial charge is 0.422 e. The van der Waals surface area contributed by atoms with Gasteiger partial charge >= 0.3 is 5.63 Å². The van der Waals surface area contributed by atoms with Crippen molar-refractivity contribution in [2.75, 3.05) is 29.4 Å². The number of para-hydroxylation sites is 1. The molecule has 3 aromatic rings. The van der Waals surface area contributed by atoms with Crippen molar-refractivity contribution in [2.45, 2.75) is 46.1 Å². The van der Waals surface area contributed by atoms with Crippen LogP contribution in [0.5, 0.6) is 0 Å². The van der Waals surface area contributed by atoms with Crippen molar-refractivity contribution in [2.24, 2.45) is 0 Å². The highest BCUT2D eigenvalue weighted by Crippen LogP contribution is 2.45. The Labute approximate surface area is 184 Å². The van der Waals surface area contributed by atoms with E-state index in [0.717, 1.165) is 30.7 Å². The van der Waals surface area contributed by atoms with Crippen molar-refractivity contribution in [3.8, 4) is 0 Å². The summed E-state index contributed by atoms with van der Waals surface area (Å²) in [6, 6.07) is 16.8. The van der Waals surface area contributed by atoms with E-state index in [-0.39, 0.29) is 17.1 Å². The minimum Gasteiger partial charge on any atom is -0.422 e. The maximum Gasteiger partial charge on any atom is 0.343 e. The second-order valence-corrected chi connectivity index (χ2v) is 8.71. The van der Waals surface area contributed by atoms with Crippen LogP contribution < -0.4 is 15.4 Å². The molecule has 1 aliphatic rings. The Morgan fingerprint density at radius 2 is 1.81 bits per heavy atom. The van der Waals surface area contributed by atoms with Crippen LogP contribution in [-0.4, -0.2) is 25.7 Å². The Kier molecular flexibility index (Phi) is 5.65. The van der Waals surface area contributed by atoms with E-state index in [1.165, 1.54) is 11.3 Å². The summed E-state index contributed by atoms with van der Waals surface area (Å²) in [6.45, 7) is 13.7. The Morgan fingerprint density at radius 1 is 1.06 bits per heavy atom. The van der Waals surface area contributed by atoms with Gasteiger partial charge in [-0.15, -0.1) is 0 Å². The van der Waals surface area contributed by atoms with E-state index >= 15 is 0 Å². The molecule has 0 spiro atoms. The molecule has 1 aromatic heterocycles. The Morgan fingerprint density at radius 3 is 2.52 bits per heavy atom. The van der Waals surface area contributed by atoms with Gasteiger partial charge in [-0.3, -0.25) is 0 Å². The lowest BCUT2D eigenvalue weighted by Gasteiger charge is -2.31. The zero-order chi connectivity index (χ0) is 22.2. The fourth-order valence-electron chi connectivity index (χ4n) is 4.89. The summed E-state index contributed by atoms with van der Waals surface area (Å²) in [4.78, 5) is 17.4. The minimum absolute atomic E-state index is 0.0428. The molecule has 31 heavy (non-hydrogen) atoms. The number of benzene rings is 2. The zero-order valence-electron chi connectivity index (χ0n) is 19.2. The lowest BCUT2D eigenvalue weighted by Crippen LogP contribution is -2.39. The van der Waals surface area contributed by atoms with Gasteiger partial charge < -0.3 is 14.2 Å². The fraction of sp³-hybridized carbons (Fsp3) is 0.370. The fourth-order valence-corrected chi connectivity index (χ4v) is 4.89. The molecule has 0 fully saturated rings. The zero-order valence-corrected chi connectivity index (χ0v) is 19.2. The van der Waals surface area contributed by atoms with Gasteiger partial charge in [0.05, 0.1) is 11.6 Å². The molecule has 0 saturated carbocycles. The lowest BCUT2D eigenvalue weighted by atomic mass is 9.80. The number of anilines is 2. The molecule has 1 atom stereocenters. The first-order valence-corrected chi connectivity index (χ1v) is 11.3. The molecule has 0 radical (unpaired) electrons. The molecule has 0 amide bonds. The van der Waals surface area contributed by atoms with Crippen LogP contribution in [0.15, 0.2) is 63.8 Å². The summed E-state index contributed by atoms with van der Waals surface area (Å²) in [5.74, 6) is 0. The molecular weight excluding hydrogens is 384 g/mol. The average Bonchev–Trinajstić information content (AvgIpc) is 2.99. The predicted molar refractivity (Wildman–Crippen MR) is 131 cm³/mol. The molecule has 0 aliphatic carbocycles. The van der Waals surface area contributed by atoms with Gasteiger partial charge in [0, 0.05) is 47.9 Å². The van der Waals surface area contributed by atoms with Crippen LogP contribution >= 0.6 is 0 Å². The molecule has 4 nitrogen and oxygen atoms in total. The summed E-state index contributed by atoms with van der Waals surface area (Å²) in [5, 5.41) is 0.941. The highest BCUT2D eigenvalue weighted by molar-refractivity contribution is 5.82. The molecule has 162 valence electrons. The van der Waals surface area contributed by atoms with E-state index in [2.05, 4.69) is 80.8 Å². The highest BCUT2D eigenvalue weighted by atomic mass is 16.4. The van der Waals surface area contributed by atoms with Crippen LogP contribution in [0.25, 0.3) is 17.0 Å². The molecule has 1 unspecified atom stereocenters. The molecule has 0 N–H and O–H groups in total. The maximum absolute atomic E-state index is 12.7. The van der Waals surface area contributed by atoms with Crippen molar-refractivity contribution in [3.63, 3.8) is 0 Å². The van der Waals surface area contributed by atoms with Crippen LogP contribution in [0, 0.1) is 0 Å². The standard InChI is InChI=1S/C27H32N2O2/c1-6-28(7-2)21-15-13-19-17-20(26(30)31-24(19)18-21)14-16-25-27(4,5)22-11-9-10-12-23(22)29(25)8-3/h9-18,25H,6-8H2,1-5H3/b16-14+. The van der Waals surface area contributed by atoms with Crippen LogP contribution in [0.3, 0.4) is 0 Å². The molecule has 0 bridgehead atoms. The monoisotopic (exact) mass is 416 g/mol. The molecule has 4 heteroatoms. The van der Waals surface area contributed by atoms with Crippen LogP contribution in [0.4, 0.5) is 11.4 Å². The first kappa shape index (κ1) is 21.2. The van der Waals surface area contributed by atoms with Gasteiger partial charge in [-0.1, -0.05) is 38.1 Å². The SMILES string of the molecule is CCN(CC)c1ccc2cc(/C=C/C3N(CC)c4ccccc4C3(C)C)c(=O)oc2c1. The van der Waals surface area contributed by atoms with Crippen molar-refractivity contribution >= 4 is 28.4 Å². The van der Waals surface area contributed by atoms with E-state index < -0.39 is 0 Å². The van der Waals surface area contributed by atoms with Crippen molar-refractivity contribution in [1.29, 1.82) is 0 Å². The summed E-state index contributed by atoms with van der Waals surface area (Å²) < 4.78 is 5.71. The number of hydrogen-bond donors (Lipinski definition) is 0. The van der Waals surface area contributed by atoms with Gasteiger partial charge in [0.2, 0.25) is 0 Å². The van der Waals surface area contributed by atoms with E-state index in [4.69, 9.17) is 4.42 Å². The summed E-state index contributed by atoms with van der Waals surface area (Å²) in [5.41, 5.74) is 4.59. The molecule has 2 aromatic carbocycles. The molecular formula is C27H32N2O2. The molecule has 4 rings (SSSR count). The summed E-state index contributed by atoms with van der Waals surface area (Å²) in [7, 11) is 0. The topological polar surface area (TPSA) is 36.7 Å². The lowest BCUT2D eigenvalue weighted by molar-refractivity contribution is 0.479. The van der Waals surface area contributed by atoms with E-state index in [0.29, 0.717) is 11.1 Å². The molecule has 1 aliphatic heterocycles. The second-order valence-electron chi connectivity index (χ2n) is 8.71. The van der Waals surface area contributed by atoms with E-state index in [9.17, 15) is 4.79 Å². The van der Waals surface area contributed by atoms with Crippen LogP contribution in [0.1, 0.15) is 45.7 Å². The average molecular weight is 417 g/mol. The predicted octanol–water partition coefficient (Wildman–Crippen LogP) is 5.84. The summed E-state index contributed by atoms with van der Waals surface area (Å²) in [6.07, 6.45) is 4.09. The van der Waals surface area contributed by atoms with Gasteiger partial charge in [-0.2, -0.15) is 0 Å². The van der Waals surface area contributed by atoms with Crippen molar-refractivity contribution in [3.05, 3.63) is 76.2 Å². The van der Waals surface area contributed by atoms with Gasteiger partial charge in [0.15, 0.2) is 0 Å². The van der Waals surface area contributed by atoms with E-state index in [1.54, 1.807) is 0 Å². The molecule has 0 saturated heterocycles. The molecule has 2 heterocycles. The minimum atomic E-state index is -0.295. The van der Waals surface area contributed by atoms with Gasteiger partial charge in [-0.05, 0) is 56.7 Å². The van der Waals surface area contributed by atoms with E-state index in [1.807, 2.05) is 24.3 Å². The Bertz CT molecular complexity index is 1170. The number of rotatable bonds is 6.